The van der Waals surface area contributed by atoms with Gasteiger partial charge in [-0.15, -0.1) is 0 Å². The summed E-state index contributed by atoms with van der Waals surface area (Å²) in [6.07, 6.45) is 1.01. The van der Waals surface area contributed by atoms with Crippen molar-refractivity contribution in [2.75, 3.05) is 6.61 Å². The molecule has 1 rings (SSSR count). The van der Waals surface area contributed by atoms with Gasteiger partial charge in [-0.05, 0) is 24.1 Å². The number of oxime groups is 1. The summed E-state index contributed by atoms with van der Waals surface area (Å²) in [6.45, 7) is 4.35. The average molecular weight is 222 g/mol. The van der Waals surface area contributed by atoms with Crippen LogP contribution in [-0.4, -0.2) is 17.6 Å². The van der Waals surface area contributed by atoms with Crippen LogP contribution in [0.15, 0.2) is 29.4 Å². The van der Waals surface area contributed by atoms with E-state index in [0.717, 1.165) is 12.2 Å². The van der Waals surface area contributed by atoms with Gasteiger partial charge in [-0.3, -0.25) is 0 Å². The molecule has 4 heteroatoms. The Morgan fingerprint density at radius 1 is 1.44 bits per heavy atom. The Labute approximate surface area is 95.7 Å². The molecule has 1 aromatic carbocycles. The van der Waals surface area contributed by atoms with E-state index in [2.05, 4.69) is 12.1 Å². The Morgan fingerprint density at radius 2 is 2.06 bits per heavy atom. The molecule has 1 atom stereocenters. The minimum Gasteiger partial charge on any atom is -0.493 e. The Morgan fingerprint density at radius 3 is 2.56 bits per heavy atom. The highest BCUT2D eigenvalue weighted by Crippen LogP contribution is 2.13. The molecule has 0 aliphatic heterocycles. The maximum atomic E-state index is 8.48. The van der Waals surface area contributed by atoms with Crippen molar-refractivity contribution < 1.29 is 9.94 Å². The van der Waals surface area contributed by atoms with Crippen molar-refractivity contribution in [3.63, 3.8) is 0 Å². The van der Waals surface area contributed by atoms with Crippen LogP contribution in [0.25, 0.3) is 0 Å². The standard InChI is InChI=1S/C12H18N2O2/c1-3-10-4-6-11(7-5-10)16-8-9(2)12(13)14-15/h4-7,9,15H,3,8H2,1-2H3,(H2,13,14). The number of hydrogen-bond acceptors (Lipinski definition) is 3. The van der Waals surface area contributed by atoms with E-state index in [1.54, 1.807) is 0 Å². The van der Waals surface area contributed by atoms with Gasteiger partial charge in [0.25, 0.3) is 0 Å². The molecule has 88 valence electrons. The second kappa shape index (κ2) is 6.00. The minimum atomic E-state index is -0.101. The first-order valence-corrected chi connectivity index (χ1v) is 5.36. The van der Waals surface area contributed by atoms with Crippen molar-refractivity contribution in [3.05, 3.63) is 29.8 Å². The van der Waals surface area contributed by atoms with Crippen molar-refractivity contribution in [1.82, 2.24) is 0 Å². The molecule has 0 aromatic heterocycles. The fourth-order valence-corrected chi connectivity index (χ4v) is 1.23. The molecule has 16 heavy (non-hydrogen) atoms. The minimum absolute atomic E-state index is 0.101. The molecule has 3 N–H and O–H groups in total. The molecule has 0 fully saturated rings. The first-order chi connectivity index (χ1) is 7.67. The summed E-state index contributed by atoms with van der Waals surface area (Å²) in [5, 5.41) is 11.4. The summed E-state index contributed by atoms with van der Waals surface area (Å²) in [5.41, 5.74) is 6.72. The SMILES string of the molecule is CCc1ccc(OCC(C)/C(N)=N/O)cc1. The lowest BCUT2D eigenvalue weighted by Gasteiger charge is -2.11. The van der Waals surface area contributed by atoms with Crippen LogP contribution in [0.2, 0.25) is 0 Å². The summed E-state index contributed by atoms with van der Waals surface area (Å²) in [4.78, 5) is 0. The van der Waals surface area contributed by atoms with E-state index in [1.807, 2.05) is 31.2 Å². The van der Waals surface area contributed by atoms with Crippen molar-refractivity contribution in [2.24, 2.45) is 16.8 Å². The summed E-state index contributed by atoms with van der Waals surface area (Å²) < 4.78 is 5.52. The molecule has 0 aliphatic rings. The zero-order chi connectivity index (χ0) is 12.0. The summed E-state index contributed by atoms with van der Waals surface area (Å²) >= 11 is 0. The van der Waals surface area contributed by atoms with Gasteiger partial charge in [-0.25, -0.2) is 0 Å². The van der Waals surface area contributed by atoms with Gasteiger partial charge in [-0.1, -0.05) is 31.1 Å². The van der Waals surface area contributed by atoms with Crippen LogP contribution >= 0.6 is 0 Å². The molecule has 0 saturated heterocycles. The second-order valence-electron chi connectivity index (χ2n) is 3.73. The van der Waals surface area contributed by atoms with Crippen LogP contribution < -0.4 is 10.5 Å². The predicted octanol–water partition coefficient (Wildman–Crippen LogP) is 2.01. The Hall–Kier alpha value is -1.71. The molecule has 0 heterocycles. The van der Waals surface area contributed by atoms with Crippen LogP contribution in [0.5, 0.6) is 5.75 Å². The van der Waals surface area contributed by atoms with Gasteiger partial charge in [0, 0.05) is 0 Å². The Balaban J connectivity index is 2.48. The molecule has 1 aromatic rings. The third-order valence-corrected chi connectivity index (χ3v) is 2.45. The molecule has 0 aliphatic carbocycles. The molecule has 0 saturated carbocycles. The summed E-state index contributed by atoms with van der Waals surface area (Å²) in [7, 11) is 0. The first kappa shape index (κ1) is 12.4. The number of rotatable bonds is 5. The number of nitrogens with two attached hydrogens (primary N) is 1. The van der Waals surface area contributed by atoms with Gasteiger partial charge in [0.1, 0.15) is 11.6 Å². The van der Waals surface area contributed by atoms with Crippen LogP contribution in [0, 0.1) is 5.92 Å². The maximum absolute atomic E-state index is 8.48. The van der Waals surface area contributed by atoms with Gasteiger partial charge >= 0.3 is 0 Å². The number of benzene rings is 1. The lowest BCUT2D eigenvalue weighted by molar-refractivity contribution is 0.279. The van der Waals surface area contributed by atoms with Crippen LogP contribution in [-0.2, 0) is 6.42 Å². The smallest absolute Gasteiger partial charge is 0.145 e. The lowest BCUT2D eigenvalue weighted by Crippen LogP contribution is -2.26. The largest absolute Gasteiger partial charge is 0.493 e. The Bertz CT molecular complexity index is 347. The van der Waals surface area contributed by atoms with Gasteiger partial charge in [0.15, 0.2) is 0 Å². The molecular weight excluding hydrogens is 204 g/mol. The highest BCUT2D eigenvalue weighted by molar-refractivity contribution is 5.81. The molecule has 1 unspecified atom stereocenters. The quantitative estimate of drug-likeness (QED) is 0.346. The molecule has 0 bridgehead atoms. The number of ether oxygens (including phenoxy) is 1. The molecular formula is C12H18N2O2. The van der Waals surface area contributed by atoms with Crippen LogP contribution in [0.3, 0.4) is 0 Å². The first-order valence-electron chi connectivity index (χ1n) is 5.36. The van der Waals surface area contributed by atoms with Crippen molar-refractivity contribution in [2.45, 2.75) is 20.3 Å². The van der Waals surface area contributed by atoms with E-state index >= 15 is 0 Å². The van der Waals surface area contributed by atoms with E-state index in [9.17, 15) is 0 Å². The van der Waals surface area contributed by atoms with Crippen molar-refractivity contribution in [1.29, 1.82) is 0 Å². The zero-order valence-corrected chi connectivity index (χ0v) is 9.68. The topological polar surface area (TPSA) is 67.8 Å². The highest BCUT2D eigenvalue weighted by Gasteiger charge is 2.08. The fraction of sp³-hybridized carbons (Fsp3) is 0.417. The van der Waals surface area contributed by atoms with Gasteiger partial charge in [0.2, 0.25) is 0 Å². The van der Waals surface area contributed by atoms with Gasteiger partial charge in [0.05, 0.1) is 12.5 Å². The molecule has 0 spiro atoms. The third-order valence-electron chi connectivity index (χ3n) is 2.45. The molecule has 0 radical (unpaired) electrons. The normalized spacial score (nSPS) is 13.5. The predicted molar refractivity (Wildman–Crippen MR) is 63.9 cm³/mol. The summed E-state index contributed by atoms with van der Waals surface area (Å²) in [6, 6.07) is 7.92. The van der Waals surface area contributed by atoms with E-state index in [1.165, 1.54) is 5.56 Å². The average Bonchev–Trinajstić information content (AvgIpc) is 2.35. The highest BCUT2D eigenvalue weighted by atomic mass is 16.5. The third kappa shape index (κ3) is 3.46. The van der Waals surface area contributed by atoms with E-state index in [-0.39, 0.29) is 11.8 Å². The second-order valence-corrected chi connectivity index (χ2v) is 3.73. The lowest BCUT2D eigenvalue weighted by atomic mass is 10.1. The monoisotopic (exact) mass is 222 g/mol. The number of aryl methyl sites for hydroxylation is 1. The maximum Gasteiger partial charge on any atom is 0.145 e. The van der Waals surface area contributed by atoms with Crippen molar-refractivity contribution >= 4 is 5.84 Å². The Kier molecular flexibility index (Phi) is 4.64. The van der Waals surface area contributed by atoms with Crippen LogP contribution in [0.4, 0.5) is 0 Å². The van der Waals surface area contributed by atoms with E-state index < -0.39 is 0 Å². The molecule has 4 nitrogen and oxygen atoms in total. The van der Waals surface area contributed by atoms with Gasteiger partial charge < -0.3 is 15.7 Å². The van der Waals surface area contributed by atoms with E-state index in [0.29, 0.717) is 6.61 Å². The number of nitrogens with zero attached hydrogens (tertiary/aromatic N) is 1. The van der Waals surface area contributed by atoms with E-state index in [4.69, 9.17) is 15.7 Å². The van der Waals surface area contributed by atoms with Gasteiger partial charge in [-0.2, -0.15) is 0 Å². The fourth-order valence-electron chi connectivity index (χ4n) is 1.23. The molecule has 0 amide bonds. The van der Waals surface area contributed by atoms with Crippen LogP contribution in [0.1, 0.15) is 19.4 Å². The number of amidine groups is 1. The summed E-state index contributed by atoms with van der Waals surface area (Å²) in [5.74, 6) is 0.885. The van der Waals surface area contributed by atoms with Crippen molar-refractivity contribution in [3.8, 4) is 5.75 Å². The number of hydrogen-bond donors (Lipinski definition) is 2. The zero-order valence-electron chi connectivity index (χ0n) is 9.68.